The molecular weight excluding hydrogens is 296 g/mol. The average molecular weight is 320 g/mol. The van der Waals surface area contributed by atoms with Crippen LogP contribution < -0.4 is 0 Å². The van der Waals surface area contributed by atoms with Crippen LogP contribution in [-0.4, -0.2) is 38.9 Å². The highest BCUT2D eigenvalue weighted by molar-refractivity contribution is 5.79. The van der Waals surface area contributed by atoms with E-state index in [9.17, 15) is 9.59 Å². The Bertz CT molecular complexity index is 490. The van der Waals surface area contributed by atoms with E-state index in [1.54, 1.807) is 37.5 Å². The SMILES string of the molecule is C=C/C=C(\C=C/COC)COC(=O)COC(=O)C1CC1CC=C. The zero-order valence-corrected chi connectivity index (χ0v) is 13.5. The van der Waals surface area contributed by atoms with Crippen molar-refractivity contribution in [2.75, 3.05) is 26.9 Å². The van der Waals surface area contributed by atoms with Gasteiger partial charge in [0.2, 0.25) is 0 Å². The van der Waals surface area contributed by atoms with E-state index in [-0.39, 0.29) is 25.1 Å². The van der Waals surface area contributed by atoms with Crippen molar-refractivity contribution < 1.29 is 23.8 Å². The van der Waals surface area contributed by atoms with Gasteiger partial charge >= 0.3 is 11.9 Å². The van der Waals surface area contributed by atoms with E-state index in [1.165, 1.54) is 0 Å². The second-order valence-corrected chi connectivity index (χ2v) is 5.23. The summed E-state index contributed by atoms with van der Waals surface area (Å²) in [6.07, 6.45) is 10.3. The lowest BCUT2D eigenvalue weighted by Gasteiger charge is -2.06. The van der Waals surface area contributed by atoms with Gasteiger partial charge in [0.25, 0.3) is 0 Å². The summed E-state index contributed by atoms with van der Waals surface area (Å²) in [4.78, 5) is 23.3. The molecule has 0 aromatic carbocycles. The van der Waals surface area contributed by atoms with Gasteiger partial charge in [-0.25, -0.2) is 4.79 Å². The van der Waals surface area contributed by atoms with E-state index in [0.717, 1.165) is 18.4 Å². The van der Waals surface area contributed by atoms with E-state index in [0.29, 0.717) is 12.5 Å². The van der Waals surface area contributed by atoms with Crippen molar-refractivity contribution in [3.05, 3.63) is 49.1 Å². The molecule has 0 radical (unpaired) electrons. The molecule has 0 saturated heterocycles. The fourth-order valence-electron chi connectivity index (χ4n) is 2.05. The van der Waals surface area contributed by atoms with Crippen molar-refractivity contribution in [1.82, 2.24) is 0 Å². The number of hydrogen-bond acceptors (Lipinski definition) is 5. The number of allylic oxidation sites excluding steroid dienone is 3. The molecule has 1 saturated carbocycles. The Morgan fingerprint density at radius 1 is 1.22 bits per heavy atom. The van der Waals surface area contributed by atoms with Crippen LogP contribution in [0.25, 0.3) is 0 Å². The highest BCUT2D eigenvalue weighted by Crippen LogP contribution is 2.42. The lowest BCUT2D eigenvalue weighted by atomic mass is 10.2. The van der Waals surface area contributed by atoms with E-state index < -0.39 is 5.97 Å². The van der Waals surface area contributed by atoms with Gasteiger partial charge in [-0.1, -0.05) is 37.0 Å². The Balaban J connectivity index is 2.27. The summed E-state index contributed by atoms with van der Waals surface area (Å²) in [7, 11) is 1.59. The zero-order valence-electron chi connectivity index (χ0n) is 13.5. The van der Waals surface area contributed by atoms with Crippen LogP contribution in [0, 0.1) is 11.8 Å². The molecule has 0 N–H and O–H groups in total. The fraction of sp³-hybridized carbons (Fsp3) is 0.444. The lowest BCUT2D eigenvalue weighted by Crippen LogP contribution is -2.18. The number of carbonyl (C=O) groups excluding carboxylic acids is 2. The van der Waals surface area contributed by atoms with Gasteiger partial charge in [0.05, 0.1) is 12.5 Å². The highest BCUT2D eigenvalue weighted by atomic mass is 16.6. The summed E-state index contributed by atoms with van der Waals surface area (Å²) in [6.45, 7) is 7.44. The zero-order chi connectivity index (χ0) is 17.1. The third-order valence-electron chi connectivity index (χ3n) is 3.35. The number of esters is 2. The predicted molar refractivity (Wildman–Crippen MR) is 87.6 cm³/mol. The molecule has 0 aromatic rings. The minimum absolute atomic E-state index is 0.0884. The Morgan fingerprint density at radius 3 is 2.65 bits per heavy atom. The third-order valence-corrected chi connectivity index (χ3v) is 3.35. The van der Waals surface area contributed by atoms with Crippen molar-refractivity contribution in [2.45, 2.75) is 12.8 Å². The van der Waals surface area contributed by atoms with E-state index in [4.69, 9.17) is 14.2 Å². The molecule has 0 bridgehead atoms. The van der Waals surface area contributed by atoms with Crippen LogP contribution in [0.15, 0.2) is 49.1 Å². The van der Waals surface area contributed by atoms with Crippen LogP contribution >= 0.6 is 0 Å². The first kappa shape index (κ1) is 18.9. The van der Waals surface area contributed by atoms with Gasteiger partial charge in [-0.05, 0) is 24.3 Å². The summed E-state index contributed by atoms with van der Waals surface area (Å²) in [6, 6.07) is 0. The topological polar surface area (TPSA) is 61.8 Å². The molecule has 5 heteroatoms. The Hall–Kier alpha value is -2.14. The molecule has 2 atom stereocenters. The van der Waals surface area contributed by atoms with Gasteiger partial charge in [0.1, 0.15) is 6.61 Å². The molecule has 23 heavy (non-hydrogen) atoms. The lowest BCUT2D eigenvalue weighted by molar-refractivity contribution is -0.159. The van der Waals surface area contributed by atoms with Crippen molar-refractivity contribution in [3.8, 4) is 0 Å². The standard InChI is InChI=1S/C18H24O5/c1-4-7-14(9-6-10-21-3)12-22-17(19)13-23-18(20)16-11-15(16)8-5-2/h4-7,9,15-16H,1-2,8,10-13H2,3H3/b9-6-,14-7+. The molecule has 5 nitrogen and oxygen atoms in total. The fourth-order valence-corrected chi connectivity index (χ4v) is 2.05. The molecule has 126 valence electrons. The number of carbonyl (C=O) groups is 2. The molecule has 0 aliphatic heterocycles. The van der Waals surface area contributed by atoms with Crippen molar-refractivity contribution >= 4 is 11.9 Å². The van der Waals surface area contributed by atoms with Crippen molar-refractivity contribution in [2.24, 2.45) is 11.8 Å². The normalized spacial score (nSPS) is 20.1. The molecule has 0 spiro atoms. The smallest absolute Gasteiger partial charge is 0.344 e. The van der Waals surface area contributed by atoms with Gasteiger partial charge < -0.3 is 14.2 Å². The summed E-state index contributed by atoms with van der Waals surface area (Å²) in [5, 5.41) is 0. The monoisotopic (exact) mass is 320 g/mol. The number of ether oxygens (including phenoxy) is 3. The predicted octanol–water partition coefficient (Wildman–Crippen LogP) is 2.60. The Labute approximate surface area is 137 Å². The first-order chi connectivity index (χ1) is 11.1. The molecule has 1 aliphatic rings. The maximum Gasteiger partial charge on any atom is 0.344 e. The summed E-state index contributed by atoms with van der Waals surface area (Å²) in [5.41, 5.74) is 0.768. The minimum atomic E-state index is -0.575. The maximum atomic E-state index is 11.7. The quantitative estimate of drug-likeness (QED) is 0.333. The maximum absolute atomic E-state index is 11.7. The van der Waals surface area contributed by atoms with Gasteiger partial charge in [-0.15, -0.1) is 6.58 Å². The summed E-state index contributed by atoms with van der Waals surface area (Å²) in [5.74, 6) is -0.705. The molecule has 0 aromatic heterocycles. The molecule has 0 amide bonds. The van der Waals surface area contributed by atoms with Crippen molar-refractivity contribution in [3.63, 3.8) is 0 Å². The second-order valence-electron chi connectivity index (χ2n) is 5.23. The van der Waals surface area contributed by atoms with Gasteiger partial charge in [0, 0.05) is 7.11 Å². The van der Waals surface area contributed by atoms with Crippen LogP contribution in [0.2, 0.25) is 0 Å². The third kappa shape index (κ3) is 7.61. The number of methoxy groups -OCH3 is 1. The first-order valence-corrected chi connectivity index (χ1v) is 7.52. The van der Waals surface area contributed by atoms with Crippen LogP contribution in [0.1, 0.15) is 12.8 Å². The molecule has 2 unspecified atom stereocenters. The van der Waals surface area contributed by atoms with E-state index in [2.05, 4.69) is 13.2 Å². The molecule has 0 heterocycles. The highest BCUT2D eigenvalue weighted by Gasteiger charge is 2.43. The molecule has 1 rings (SSSR count). The minimum Gasteiger partial charge on any atom is -0.458 e. The van der Waals surface area contributed by atoms with Crippen molar-refractivity contribution in [1.29, 1.82) is 0 Å². The largest absolute Gasteiger partial charge is 0.458 e. The van der Waals surface area contributed by atoms with Gasteiger partial charge in [-0.3, -0.25) is 4.79 Å². The first-order valence-electron chi connectivity index (χ1n) is 7.52. The summed E-state index contributed by atoms with van der Waals surface area (Å²) >= 11 is 0. The molecular formula is C18H24O5. The van der Waals surface area contributed by atoms with Crippen LogP contribution in [0.4, 0.5) is 0 Å². The van der Waals surface area contributed by atoms with Gasteiger partial charge in [-0.2, -0.15) is 0 Å². The van der Waals surface area contributed by atoms with Crippen LogP contribution in [0.5, 0.6) is 0 Å². The van der Waals surface area contributed by atoms with Crippen LogP contribution in [-0.2, 0) is 23.8 Å². The molecule has 1 aliphatic carbocycles. The summed E-state index contributed by atoms with van der Waals surface area (Å²) < 4.78 is 14.9. The van der Waals surface area contributed by atoms with Crippen LogP contribution in [0.3, 0.4) is 0 Å². The number of hydrogen-bond donors (Lipinski definition) is 0. The Morgan fingerprint density at radius 2 is 2.00 bits per heavy atom. The average Bonchev–Trinajstić information content (AvgIpc) is 3.30. The van der Waals surface area contributed by atoms with Gasteiger partial charge in [0.15, 0.2) is 6.61 Å². The molecule has 1 fully saturated rings. The van der Waals surface area contributed by atoms with E-state index >= 15 is 0 Å². The Kier molecular flexibility index (Phi) is 8.68. The number of rotatable bonds is 11. The second kappa shape index (κ2) is 10.6. The van der Waals surface area contributed by atoms with E-state index in [1.807, 2.05) is 0 Å².